The molecule has 0 saturated carbocycles. The van der Waals surface area contributed by atoms with Crippen LogP contribution in [0.1, 0.15) is 0 Å². The first-order chi connectivity index (χ1) is 0. The molecule has 0 aliphatic rings. The van der Waals surface area contributed by atoms with Gasteiger partial charge in [-0.15, -0.1) is 0 Å². The minimum atomic E-state index is 0. The summed E-state index contributed by atoms with van der Waals surface area (Å²) in [6.45, 7) is 0. The average molecular weight is 285 g/mol. The predicted octanol–water partition coefficient (Wildman–Crippen LogP) is -1.19. The van der Waals surface area contributed by atoms with Crippen molar-refractivity contribution in [2.45, 2.75) is 0 Å². The molecular weight excluding hydrogens is 282 g/mol. The monoisotopic (exact) mass is 285 g/mol. The van der Waals surface area contributed by atoms with Gasteiger partial charge in [0.15, 0.2) is 17.4 Å². The standard InChI is InChI=1S/Al.Cr.Fe.Ni.Y.3H. The molecule has 0 atom stereocenters. The van der Waals surface area contributed by atoms with Gasteiger partial charge >= 0.3 is 0 Å². The minimum absolute atomic E-state index is 0. The Hall–Kier alpha value is 3.18. The van der Waals surface area contributed by atoms with Gasteiger partial charge in [0.05, 0.1) is 0 Å². The third-order valence-electron chi connectivity index (χ3n) is 0. The Kier molecular flexibility index (Phi) is 226. The predicted molar refractivity (Wildman–Crippen MR) is 9.94 cm³/mol. The Bertz CT molecular complexity index is 11.6. The maximum absolute atomic E-state index is 0. The van der Waals surface area contributed by atoms with Crippen LogP contribution in [0.3, 0.4) is 0 Å². The van der Waals surface area contributed by atoms with Gasteiger partial charge in [-0.05, 0) is 0 Å². The molecule has 0 aromatic carbocycles. The first-order valence-electron chi connectivity index (χ1n) is 0. The summed E-state index contributed by atoms with van der Waals surface area (Å²) in [7, 11) is 0. The van der Waals surface area contributed by atoms with Crippen molar-refractivity contribution >= 4 is 17.4 Å². The van der Waals surface area contributed by atoms with Crippen molar-refractivity contribution in [3.8, 4) is 0 Å². The Labute approximate surface area is 99.1 Å². The van der Waals surface area contributed by atoms with E-state index in [2.05, 4.69) is 0 Å². The normalized spacial score (nSPS) is 0. The molecule has 0 unspecified atom stereocenters. The van der Waals surface area contributed by atoms with Crippen LogP contribution in [-0.4, -0.2) is 17.4 Å². The van der Waals surface area contributed by atoms with Crippen LogP contribution in [0.15, 0.2) is 0 Å². The van der Waals surface area contributed by atoms with Gasteiger partial charge in [0.25, 0.3) is 0 Å². The van der Waals surface area contributed by atoms with Crippen molar-refractivity contribution in [3.63, 3.8) is 0 Å². The van der Waals surface area contributed by atoms with Gasteiger partial charge in [0, 0.05) is 83.6 Å². The molecule has 0 bridgehead atoms. The van der Waals surface area contributed by atoms with E-state index in [1.54, 1.807) is 0 Å². The van der Waals surface area contributed by atoms with Crippen LogP contribution < -0.4 is 0 Å². The molecule has 5 heteroatoms. The van der Waals surface area contributed by atoms with Gasteiger partial charge in [0.2, 0.25) is 0 Å². The Morgan fingerprint density at radius 2 is 1.00 bits per heavy atom. The molecule has 0 saturated heterocycles. The average Bonchev–Trinajstić information content (AvgIpc) is 0. The van der Waals surface area contributed by atoms with Crippen LogP contribution in [0.25, 0.3) is 0 Å². The van der Waals surface area contributed by atoms with E-state index in [1.807, 2.05) is 0 Å². The van der Waals surface area contributed by atoms with Crippen LogP contribution in [0, 0.1) is 0 Å². The van der Waals surface area contributed by atoms with Gasteiger partial charge in [-0.2, -0.15) is 0 Å². The molecule has 0 heterocycles. The van der Waals surface area contributed by atoms with Crippen LogP contribution in [0.5, 0.6) is 0 Å². The summed E-state index contributed by atoms with van der Waals surface area (Å²) >= 11 is 0. The van der Waals surface area contributed by atoms with Crippen molar-refractivity contribution in [1.82, 2.24) is 0 Å². The third-order valence-corrected chi connectivity index (χ3v) is 0. The van der Waals surface area contributed by atoms with E-state index in [4.69, 9.17) is 0 Å². The van der Waals surface area contributed by atoms with E-state index in [0.717, 1.165) is 0 Å². The topological polar surface area (TPSA) is 0 Å². The molecule has 0 aliphatic heterocycles. The van der Waals surface area contributed by atoms with Gasteiger partial charge < -0.3 is 0 Å². The van der Waals surface area contributed by atoms with Crippen LogP contribution in [-0.2, 0) is 83.6 Å². The van der Waals surface area contributed by atoms with Crippen molar-refractivity contribution in [2.75, 3.05) is 0 Å². The summed E-state index contributed by atoms with van der Waals surface area (Å²) in [6, 6.07) is 0. The van der Waals surface area contributed by atoms with Gasteiger partial charge in [-0.3, -0.25) is 0 Å². The van der Waals surface area contributed by atoms with Crippen molar-refractivity contribution in [2.24, 2.45) is 0 Å². The van der Waals surface area contributed by atoms with Gasteiger partial charge in [-0.25, -0.2) is 0 Å². The van der Waals surface area contributed by atoms with Crippen molar-refractivity contribution < 1.29 is 83.6 Å². The second kappa shape index (κ2) is 27.1. The Morgan fingerprint density at radius 3 is 1.00 bits per heavy atom. The van der Waals surface area contributed by atoms with E-state index >= 15 is 0 Å². The quantitative estimate of drug-likeness (QED) is 0.491. The zero-order valence-electron chi connectivity index (χ0n) is 1.66. The van der Waals surface area contributed by atoms with Gasteiger partial charge in [-0.1, -0.05) is 0 Å². The first kappa shape index (κ1) is 41.7. The molecule has 0 N–H and O–H groups in total. The summed E-state index contributed by atoms with van der Waals surface area (Å²) in [6.07, 6.45) is 0. The second-order valence-corrected chi connectivity index (χ2v) is 0. The number of hydrogen-bond donors (Lipinski definition) is 0. The molecule has 0 spiro atoms. The molecule has 0 aromatic rings. The van der Waals surface area contributed by atoms with Crippen LogP contribution in [0.2, 0.25) is 0 Å². The number of hydrogen-bond acceptors (Lipinski definition) is 0. The van der Waals surface area contributed by atoms with Crippen LogP contribution >= 0.6 is 0 Å². The smallest absolute Gasteiger partial charge is 0 e. The number of rotatable bonds is 0. The Balaban J connectivity index is 0. The molecule has 0 fully saturated rings. The molecule has 0 aliphatic carbocycles. The maximum atomic E-state index is 0. The molecule has 5 heavy (non-hydrogen) atoms. The van der Waals surface area contributed by atoms with Crippen molar-refractivity contribution in [1.29, 1.82) is 0 Å². The summed E-state index contributed by atoms with van der Waals surface area (Å²) < 4.78 is 0. The molecule has 0 aromatic heterocycles. The molecule has 0 rings (SSSR count). The zero-order chi connectivity index (χ0) is 0. The fourth-order valence-electron chi connectivity index (χ4n) is 0. The summed E-state index contributed by atoms with van der Waals surface area (Å²) in [5, 5.41) is 0. The summed E-state index contributed by atoms with van der Waals surface area (Å²) in [5.41, 5.74) is 0. The molecule has 1 radical (unpaired) electrons. The second-order valence-electron chi connectivity index (χ2n) is 0. The van der Waals surface area contributed by atoms with E-state index in [1.165, 1.54) is 0 Å². The van der Waals surface area contributed by atoms with E-state index in [0.29, 0.717) is 0 Å². The van der Waals surface area contributed by atoms with Gasteiger partial charge in [0.1, 0.15) is 0 Å². The SMILES string of the molecule is [AlH3].[Cr].[Fe].[Ni].[Y]. The fraction of sp³-hybridized carbons (Fsp3) is 0. The summed E-state index contributed by atoms with van der Waals surface area (Å²) in [5.74, 6) is 0. The molecule has 0 nitrogen and oxygen atoms in total. The largest absolute Gasteiger partial charge is 0.187 e. The first-order valence-corrected chi connectivity index (χ1v) is 0. The fourth-order valence-corrected chi connectivity index (χ4v) is 0. The van der Waals surface area contributed by atoms with E-state index in [9.17, 15) is 0 Å². The van der Waals surface area contributed by atoms with Crippen molar-refractivity contribution in [3.05, 3.63) is 0 Å². The molecule has 0 amide bonds. The minimum Gasteiger partial charge on any atom is 0 e. The Morgan fingerprint density at radius 1 is 1.00 bits per heavy atom. The van der Waals surface area contributed by atoms with Crippen LogP contribution in [0.4, 0.5) is 0 Å². The molecular formula is H3AlCrFeNiY. The maximum Gasteiger partial charge on any atom is 0.187 e. The molecule has 33 valence electrons. The third kappa shape index (κ3) is 19.0. The van der Waals surface area contributed by atoms with E-state index in [-0.39, 0.29) is 101 Å². The van der Waals surface area contributed by atoms with E-state index < -0.39 is 0 Å². The summed E-state index contributed by atoms with van der Waals surface area (Å²) in [4.78, 5) is 0. The zero-order valence-corrected chi connectivity index (χ0v) is 7.86.